The maximum atomic E-state index is 13.0. The summed E-state index contributed by atoms with van der Waals surface area (Å²) in [6.45, 7) is 5.75. The van der Waals surface area contributed by atoms with Crippen molar-refractivity contribution in [3.05, 3.63) is 71.0 Å². The van der Waals surface area contributed by atoms with Crippen LogP contribution in [-0.2, 0) is 27.3 Å². The third-order valence-electron chi connectivity index (χ3n) is 5.47. The molecule has 0 aromatic heterocycles. The second-order valence-electron chi connectivity index (χ2n) is 9.58. The number of carboxylic acid groups (broad SMARTS) is 1. The first kappa shape index (κ1) is 29.1. The van der Waals surface area contributed by atoms with Crippen LogP contribution in [-0.4, -0.2) is 57.3 Å². The molecule has 37 heavy (non-hydrogen) atoms. The molecule has 1 fully saturated rings. The number of aromatic hydroxyl groups is 1. The number of amides is 2. The molecule has 1 aliphatic rings. The molecule has 0 radical (unpaired) electrons. The molecule has 0 bridgehead atoms. The van der Waals surface area contributed by atoms with Crippen LogP contribution in [0.15, 0.2) is 48.5 Å². The number of hydrogen-bond donors (Lipinski definition) is 3. The van der Waals surface area contributed by atoms with E-state index in [0.29, 0.717) is 30.5 Å². The highest BCUT2D eigenvalue weighted by Crippen LogP contribution is 2.20. The van der Waals surface area contributed by atoms with Crippen molar-refractivity contribution < 1.29 is 29.3 Å². The standard InChI is InChI=1S/C19H26N2O6.C8H7N2/c1-19(2,3)27-18(26)20-14(11-12-6-8-13(22)9-7-12)16(23)21-10-4-5-15(21)17(24)25;9-5-7-1-2-8(6-10)4-3-7/h6-9,14-15,22H,4-5,10-11H2,1-3H3,(H,20,26)(H,24,25);1-4,9H,5H2/q;-1/t14-,15+;/m1./s1. The van der Waals surface area contributed by atoms with Gasteiger partial charge >= 0.3 is 12.1 Å². The number of nitrogens with one attached hydrogen (secondary N) is 2. The van der Waals surface area contributed by atoms with Crippen molar-refractivity contribution in [3.8, 4) is 11.8 Å². The van der Waals surface area contributed by atoms with E-state index in [1.807, 2.05) is 6.07 Å². The number of phenols is 1. The number of aliphatic carboxylic acids is 1. The highest BCUT2D eigenvalue weighted by molar-refractivity contribution is 5.90. The van der Waals surface area contributed by atoms with E-state index in [0.717, 1.165) is 5.56 Å². The van der Waals surface area contributed by atoms with E-state index in [2.05, 4.69) is 5.32 Å². The summed E-state index contributed by atoms with van der Waals surface area (Å²) in [4.78, 5) is 37.9. The van der Waals surface area contributed by atoms with E-state index in [1.165, 1.54) is 17.0 Å². The minimum absolute atomic E-state index is 0.0900. The number of nitriles is 1. The summed E-state index contributed by atoms with van der Waals surface area (Å²) in [6, 6.07) is 13.5. The maximum Gasteiger partial charge on any atom is 0.408 e. The number of hydrogen-bond acceptors (Lipinski definition) is 6. The van der Waals surface area contributed by atoms with Gasteiger partial charge in [0.15, 0.2) is 0 Å². The highest BCUT2D eigenvalue weighted by Gasteiger charge is 2.38. The van der Waals surface area contributed by atoms with Gasteiger partial charge in [0.25, 0.3) is 0 Å². The van der Waals surface area contributed by atoms with Gasteiger partial charge in [-0.25, -0.2) is 9.59 Å². The zero-order chi connectivity index (χ0) is 27.6. The molecule has 2 aromatic carbocycles. The molecule has 1 saturated heterocycles. The van der Waals surface area contributed by atoms with Gasteiger partial charge in [-0.3, -0.25) is 4.79 Å². The Balaban J connectivity index is 0.000000402. The summed E-state index contributed by atoms with van der Waals surface area (Å²) < 4.78 is 5.24. The summed E-state index contributed by atoms with van der Waals surface area (Å²) in [7, 11) is 0. The lowest BCUT2D eigenvalue weighted by atomic mass is 10.0. The number of ether oxygens (including phenoxy) is 1. The minimum atomic E-state index is -1.05. The molecule has 0 spiro atoms. The molecule has 10 nitrogen and oxygen atoms in total. The lowest BCUT2D eigenvalue weighted by molar-refractivity contribution is -0.149. The molecular formula is C27H33N4O6-. The molecule has 2 amide bonds. The predicted molar refractivity (Wildman–Crippen MR) is 137 cm³/mol. The molecule has 1 heterocycles. The molecule has 1 aliphatic heterocycles. The van der Waals surface area contributed by atoms with Gasteiger partial charge in [-0.1, -0.05) is 29.8 Å². The van der Waals surface area contributed by atoms with Gasteiger partial charge in [0.05, 0.1) is 11.6 Å². The Labute approximate surface area is 216 Å². The van der Waals surface area contributed by atoms with Crippen LogP contribution in [0.4, 0.5) is 4.79 Å². The summed E-state index contributed by atoms with van der Waals surface area (Å²) in [5, 5.41) is 29.7. The summed E-state index contributed by atoms with van der Waals surface area (Å²) >= 11 is 0. The lowest BCUT2D eigenvalue weighted by Crippen LogP contribution is -2.53. The van der Waals surface area contributed by atoms with Gasteiger partial charge in [-0.2, -0.15) is 5.26 Å². The Morgan fingerprint density at radius 2 is 1.73 bits per heavy atom. The fourth-order valence-corrected chi connectivity index (χ4v) is 3.70. The minimum Gasteiger partial charge on any atom is -0.674 e. The van der Waals surface area contributed by atoms with Crippen molar-refractivity contribution in [1.82, 2.24) is 10.2 Å². The number of phenolic OH excluding ortho intramolecular Hbond substituents is 1. The van der Waals surface area contributed by atoms with E-state index in [1.54, 1.807) is 57.2 Å². The number of carbonyl (C=O) groups is 3. The molecule has 0 saturated carbocycles. The largest absolute Gasteiger partial charge is 0.674 e. The first-order chi connectivity index (χ1) is 17.4. The van der Waals surface area contributed by atoms with Crippen molar-refractivity contribution in [1.29, 1.82) is 5.26 Å². The van der Waals surface area contributed by atoms with Crippen LogP contribution in [0.5, 0.6) is 5.75 Å². The van der Waals surface area contributed by atoms with E-state index in [4.69, 9.17) is 15.7 Å². The number of likely N-dealkylation sites (tertiary alicyclic amines) is 1. The Morgan fingerprint density at radius 3 is 2.24 bits per heavy atom. The van der Waals surface area contributed by atoms with Crippen LogP contribution in [0, 0.1) is 11.3 Å². The summed E-state index contributed by atoms with van der Waals surface area (Å²) in [6.07, 6.45) is 0.396. The zero-order valence-electron chi connectivity index (χ0n) is 21.2. The molecule has 0 aliphatic carbocycles. The maximum absolute atomic E-state index is 13.0. The molecule has 3 rings (SSSR count). The highest BCUT2D eigenvalue weighted by atomic mass is 16.6. The zero-order valence-corrected chi connectivity index (χ0v) is 21.2. The van der Waals surface area contributed by atoms with Crippen molar-refractivity contribution >= 4 is 18.0 Å². The van der Waals surface area contributed by atoms with Gasteiger partial charge in [0.1, 0.15) is 23.4 Å². The SMILES string of the molecule is CC(C)(C)OC(=O)N[C@H](Cc1ccc(O)cc1)C(=O)N1CCC[C@H]1C(=O)O.N#Cc1ccc(C[NH-])cc1. The van der Waals surface area contributed by atoms with Crippen molar-refractivity contribution in [2.45, 2.75) is 64.3 Å². The lowest BCUT2D eigenvalue weighted by Gasteiger charge is -2.28. The number of benzene rings is 2. The first-order valence-electron chi connectivity index (χ1n) is 11.9. The van der Waals surface area contributed by atoms with Crippen molar-refractivity contribution in [2.24, 2.45) is 0 Å². The van der Waals surface area contributed by atoms with Crippen LogP contribution in [0.2, 0.25) is 0 Å². The van der Waals surface area contributed by atoms with Crippen LogP contribution in [0.25, 0.3) is 5.73 Å². The predicted octanol–water partition coefficient (Wildman–Crippen LogP) is 4.01. The number of nitrogens with zero attached hydrogens (tertiary/aromatic N) is 2. The van der Waals surface area contributed by atoms with Gasteiger partial charge < -0.3 is 30.9 Å². The van der Waals surface area contributed by atoms with E-state index in [-0.39, 0.29) is 18.7 Å². The Bertz CT molecular complexity index is 1100. The molecule has 4 N–H and O–H groups in total. The Kier molecular flexibility index (Phi) is 10.5. The third kappa shape index (κ3) is 9.46. The van der Waals surface area contributed by atoms with Crippen LogP contribution < -0.4 is 5.32 Å². The van der Waals surface area contributed by atoms with E-state index < -0.39 is 35.7 Å². The monoisotopic (exact) mass is 509 g/mol. The molecule has 2 atom stereocenters. The molecular weight excluding hydrogens is 476 g/mol. The smallest absolute Gasteiger partial charge is 0.408 e. The van der Waals surface area contributed by atoms with Gasteiger partial charge in [0, 0.05) is 13.0 Å². The van der Waals surface area contributed by atoms with Crippen LogP contribution in [0.3, 0.4) is 0 Å². The second-order valence-corrected chi connectivity index (χ2v) is 9.58. The summed E-state index contributed by atoms with van der Waals surface area (Å²) in [5.41, 5.74) is 8.57. The Morgan fingerprint density at radius 1 is 1.14 bits per heavy atom. The topological polar surface area (TPSA) is 164 Å². The average molecular weight is 510 g/mol. The number of carboxylic acids is 1. The first-order valence-corrected chi connectivity index (χ1v) is 11.9. The number of rotatable bonds is 6. The molecule has 10 heteroatoms. The molecule has 0 unspecified atom stereocenters. The van der Waals surface area contributed by atoms with Crippen LogP contribution >= 0.6 is 0 Å². The van der Waals surface area contributed by atoms with Gasteiger partial charge in [-0.05, 0) is 63.4 Å². The average Bonchev–Trinajstić information content (AvgIpc) is 3.34. The molecule has 2 aromatic rings. The summed E-state index contributed by atoms with van der Waals surface area (Å²) in [5.74, 6) is -1.42. The second kappa shape index (κ2) is 13.3. The fourth-order valence-electron chi connectivity index (χ4n) is 3.70. The van der Waals surface area contributed by atoms with Gasteiger partial charge in [0.2, 0.25) is 5.91 Å². The van der Waals surface area contributed by atoms with Crippen molar-refractivity contribution in [2.75, 3.05) is 6.54 Å². The third-order valence-corrected chi connectivity index (χ3v) is 5.47. The fraction of sp³-hybridized carbons (Fsp3) is 0.407. The quantitative estimate of drug-likeness (QED) is 0.529. The van der Waals surface area contributed by atoms with E-state index >= 15 is 0 Å². The number of alkyl carbamates (subject to hydrolysis) is 1. The van der Waals surface area contributed by atoms with Crippen molar-refractivity contribution in [3.63, 3.8) is 0 Å². The van der Waals surface area contributed by atoms with Gasteiger partial charge in [-0.15, -0.1) is 6.54 Å². The molecule has 198 valence electrons. The van der Waals surface area contributed by atoms with Crippen LogP contribution in [0.1, 0.15) is 50.3 Å². The normalized spacial score (nSPS) is 15.5. The Hall–Kier alpha value is -4.10. The number of carbonyl (C=O) groups excluding carboxylic acids is 2. The van der Waals surface area contributed by atoms with E-state index in [9.17, 15) is 24.6 Å².